The van der Waals surface area contributed by atoms with E-state index in [2.05, 4.69) is 4.72 Å². The Morgan fingerprint density at radius 2 is 2.29 bits per heavy atom. The molecule has 1 saturated heterocycles. The first-order valence-corrected chi connectivity index (χ1v) is 8.32. The lowest BCUT2D eigenvalue weighted by Gasteiger charge is -2.26. The second-order valence-corrected chi connectivity index (χ2v) is 7.16. The molecular formula is C13H18ClNO5S. The van der Waals surface area contributed by atoms with Crippen molar-refractivity contribution in [3.05, 3.63) is 23.2 Å². The molecule has 1 heterocycles. The Kier molecular flexibility index (Phi) is 4.79. The van der Waals surface area contributed by atoms with Gasteiger partial charge in [0.2, 0.25) is 10.0 Å². The molecule has 0 amide bonds. The van der Waals surface area contributed by atoms with Crippen LogP contribution in [0.3, 0.4) is 0 Å². The monoisotopic (exact) mass is 335 g/mol. The highest BCUT2D eigenvalue weighted by molar-refractivity contribution is 7.89. The van der Waals surface area contributed by atoms with E-state index in [9.17, 15) is 13.5 Å². The summed E-state index contributed by atoms with van der Waals surface area (Å²) in [7, 11) is -2.31. The molecule has 1 aliphatic heterocycles. The van der Waals surface area contributed by atoms with Crippen LogP contribution in [0.25, 0.3) is 0 Å². The lowest BCUT2D eigenvalue weighted by molar-refractivity contribution is -0.0228. The largest absolute Gasteiger partial charge is 0.495 e. The zero-order chi connectivity index (χ0) is 15.7. The van der Waals surface area contributed by atoms with Crippen molar-refractivity contribution in [3.63, 3.8) is 0 Å². The fraction of sp³-hybridized carbons (Fsp3) is 0.538. The second-order valence-electron chi connectivity index (χ2n) is 4.99. The first-order valence-electron chi connectivity index (χ1n) is 6.46. The summed E-state index contributed by atoms with van der Waals surface area (Å²) in [6.45, 7) is 2.01. The molecule has 0 radical (unpaired) electrons. The molecule has 1 aromatic rings. The van der Waals surface area contributed by atoms with Crippen LogP contribution in [0.4, 0.5) is 0 Å². The highest BCUT2D eigenvalue weighted by Crippen LogP contribution is 2.28. The lowest BCUT2D eigenvalue weighted by Crippen LogP contribution is -2.47. The Morgan fingerprint density at radius 1 is 1.57 bits per heavy atom. The van der Waals surface area contributed by atoms with E-state index in [1.807, 2.05) is 0 Å². The molecule has 0 spiro atoms. The molecule has 0 aliphatic carbocycles. The second kappa shape index (κ2) is 6.10. The average Bonchev–Trinajstić information content (AvgIpc) is 2.77. The number of rotatable bonds is 5. The summed E-state index contributed by atoms with van der Waals surface area (Å²) < 4.78 is 37.1. The number of sulfonamides is 1. The van der Waals surface area contributed by atoms with Gasteiger partial charge in [0.15, 0.2) is 0 Å². The van der Waals surface area contributed by atoms with Crippen molar-refractivity contribution in [2.45, 2.75) is 29.9 Å². The minimum Gasteiger partial charge on any atom is -0.495 e. The van der Waals surface area contributed by atoms with Gasteiger partial charge >= 0.3 is 0 Å². The fourth-order valence-electron chi connectivity index (χ4n) is 2.12. The molecule has 1 aromatic carbocycles. The summed E-state index contributed by atoms with van der Waals surface area (Å²) >= 11 is 5.93. The number of halogens is 1. The van der Waals surface area contributed by atoms with Gasteiger partial charge in [-0.15, -0.1) is 0 Å². The first kappa shape index (κ1) is 16.5. The van der Waals surface area contributed by atoms with Crippen LogP contribution in [-0.4, -0.2) is 45.5 Å². The number of methoxy groups -OCH3 is 1. The standard InChI is InChI=1S/C13H18ClNO5S/c1-9-13(16,5-6-20-9)8-15-21(17,18)10-3-4-12(19-2)11(14)7-10/h3-4,7,9,15-16H,5-6,8H2,1-2H3. The Hall–Kier alpha value is -0.860. The minimum absolute atomic E-state index is 0.0171. The van der Waals surface area contributed by atoms with Crippen molar-refractivity contribution in [1.82, 2.24) is 4.72 Å². The maximum atomic E-state index is 12.2. The summed E-state index contributed by atoms with van der Waals surface area (Å²) in [5, 5.41) is 10.5. The van der Waals surface area contributed by atoms with Gasteiger partial charge in [-0.05, 0) is 25.1 Å². The van der Waals surface area contributed by atoms with Crippen LogP contribution < -0.4 is 9.46 Å². The molecule has 2 unspecified atom stereocenters. The summed E-state index contributed by atoms with van der Waals surface area (Å²) in [5.41, 5.74) is -1.19. The van der Waals surface area contributed by atoms with Gasteiger partial charge in [0.25, 0.3) is 0 Å². The van der Waals surface area contributed by atoms with Gasteiger partial charge in [-0.2, -0.15) is 0 Å². The lowest BCUT2D eigenvalue weighted by atomic mass is 9.97. The van der Waals surface area contributed by atoms with Crippen molar-refractivity contribution in [2.24, 2.45) is 0 Å². The first-order chi connectivity index (χ1) is 9.78. The van der Waals surface area contributed by atoms with Crippen molar-refractivity contribution in [1.29, 1.82) is 0 Å². The van der Waals surface area contributed by atoms with E-state index in [0.29, 0.717) is 18.8 Å². The van der Waals surface area contributed by atoms with Gasteiger partial charge in [0, 0.05) is 19.6 Å². The maximum absolute atomic E-state index is 12.2. The molecule has 118 valence electrons. The topological polar surface area (TPSA) is 84.9 Å². The van der Waals surface area contributed by atoms with Crippen molar-refractivity contribution in [3.8, 4) is 5.75 Å². The zero-order valence-corrected chi connectivity index (χ0v) is 13.4. The molecule has 8 heteroatoms. The van der Waals surface area contributed by atoms with E-state index in [1.54, 1.807) is 6.92 Å². The highest BCUT2D eigenvalue weighted by Gasteiger charge is 2.40. The Labute approximate surface area is 129 Å². The SMILES string of the molecule is COc1ccc(S(=O)(=O)NCC2(O)CCOC2C)cc1Cl. The van der Waals surface area contributed by atoms with E-state index in [0.717, 1.165) is 0 Å². The summed E-state index contributed by atoms with van der Waals surface area (Å²) in [6.07, 6.45) is -0.0280. The van der Waals surface area contributed by atoms with Gasteiger partial charge in [-0.3, -0.25) is 0 Å². The van der Waals surface area contributed by atoms with Crippen LogP contribution in [0.15, 0.2) is 23.1 Å². The average molecular weight is 336 g/mol. The molecule has 2 N–H and O–H groups in total. The number of nitrogens with one attached hydrogen (secondary N) is 1. The third-order valence-electron chi connectivity index (χ3n) is 3.66. The van der Waals surface area contributed by atoms with Crippen LogP contribution >= 0.6 is 11.6 Å². The molecule has 2 rings (SSSR count). The summed E-state index contributed by atoms with van der Waals surface area (Å²) in [6, 6.07) is 4.18. The van der Waals surface area contributed by atoms with Gasteiger partial charge in [0.1, 0.15) is 11.4 Å². The van der Waals surface area contributed by atoms with Crippen LogP contribution in [0.5, 0.6) is 5.75 Å². The van der Waals surface area contributed by atoms with Crippen LogP contribution in [0.2, 0.25) is 5.02 Å². The van der Waals surface area contributed by atoms with Crippen molar-refractivity contribution < 1.29 is 23.0 Å². The third-order valence-corrected chi connectivity index (χ3v) is 5.36. The molecule has 0 bridgehead atoms. The summed E-state index contributed by atoms with van der Waals surface area (Å²) in [4.78, 5) is 0.0171. The molecule has 0 saturated carbocycles. The predicted octanol–water partition coefficient (Wildman–Crippen LogP) is 1.17. The molecular weight excluding hydrogens is 318 g/mol. The van der Waals surface area contributed by atoms with E-state index in [4.69, 9.17) is 21.1 Å². The van der Waals surface area contributed by atoms with Crippen molar-refractivity contribution in [2.75, 3.05) is 20.3 Å². The predicted molar refractivity (Wildman–Crippen MR) is 78.2 cm³/mol. The van der Waals surface area contributed by atoms with Crippen LogP contribution in [0, 0.1) is 0 Å². The van der Waals surface area contributed by atoms with Crippen LogP contribution in [-0.2, 0) is 14.8 Å². The minimum atomic E-state index is -3.76. The van der Waals surface area contributed by atoms with E-state index in [1.165, 1.54) is 25.3 Å². The van der Waals surface area contributed by atoms with E-state index < -0.39 is 21.7 Å². The van der Waals surface area contributed by atoms with Gasteiger partial charge in [-0.1, -0.05) is 11.6 Å². The zero-order valence-electron chi connectivity index (χ0n) is 11.8. The molecule has 1 aliphatic rings. The van der Waals surface area contributed by atoms with Gasteiger partial charge in [0.05, 0.1) is 23.1 Å². The molecule has 2 atom stereocenters. The number of hydrogen-bond donors (Lipinski definition) is 2. The Balaban J connectivity index is 2.13. The molecule has 1 fully saturated rings. The Morgan fingerprint density at radius 3 is 2.81 bits per heavy atom. The molecule has 6 nitrogen and oxygen atoms in total. The fourth-order valence-corrected chi connectivity index (χ4v) is 3.57. The smallest absolute Gasteiger partial charge is 0.240 e. The number of aliphatic hydroxyl groups is 1. The number of benzene rings is 1. The van der Waals surface area contributed by atoms with E-state index >= 15 is 0 Å². The molecule has 0 aromatic heterocycles. The summed E-state index contributed by atoms with van der Waals surface area (Å²) in [5.74, 6) is 0.395. The van der Waals surface area contributed by atoms with Gasteiger partial charge in [-0.25, -0.2) is 13.1 Å². The third kappa shape index (κ3) is 3.49. The van der Waals surface area contributed by atoms with Crippen LogP contribution in [0.1, 0.15) is 13.3 Å². The number of ether oxygens (including phenoxy) is 2. The molecule has 21 heavy (non-hydrogen) atoms. The Bertz CT molecular complexity index is 621. The highest BCUT2D eigenvalue weighted by atomic mass is 35.5. The normalized spacial score (nSPS) is 26.0. The van der Waals surface area contributed by atoms with E-state index in [-0.39, 0.29) is 16.5 Å². The van der Waals surface area contributed by atoms with Crippen molar-refractivity contribution >= 4 is 21.6 Å². The quantitative estimate of drug-likeness (QED) is 0.843. The maximum Gasteiger partial charge on any atom is 0.240 e. The van der Waals surface area contributed by atoms with Gasteiger partial charge < -0.3 is 14.6 Å². The number of hydrogen-bond acceptors (Lipinski definition) is 5.